The largest absolute Gasteiger partial charge is 0.486 e. The first-order chi connectivity index (χ1) is 9.78. The first-order valence-electron chi connectivity index (χ1n) is 7.27. The highest BCUT2D eigenvalue weighted by Gasteiger charge is 2.27. The van der Waals surface area contributed by atoms with Crippen LogP contribution in [-0.2, 0) is 4.74 Å². The van der Waals surface area contributed by atoms with Gasteiger partial charge >= 0.3 is 0 Å². The maximum atomic E-state index is 6.37. The van der Waals surface area contributed by atoms with E-state index in [-0.39, 0.29) is 12.1 Å². The van der Waals surface area contributed by atoms with Crippen LogP contribution in [0.25, 0.3) is 0 Å². The van der Waals surface area contributed by atoms with Gasteiger partial charge in [-0.3, -0.25) is 4.90 Å². The van der Waals surface area contributed by atoms with Crippen LogP contribution in [0.3, 0.4) is 0 Å². The number of hydrogen-bond donors (Lipinski definition) is 1. The topological polar surface area (TPSA) is 57.0 Å². The van der Waals surface area contributed by atoms with Crippen molar-refractivity contribution in [2.24, 2.45) is 5.73 Å². The number of nitrogens with zero attached hydrogens (tertiary/aromatic N) is 1. The van der Waals surface area contributed by atoms with Crippen molar-refractivity contribution in [1.29, 1.82) is 0 Å². The minimum absolute atomic E-state index is 0.0336. The molecule has 0 spiro atoms. The van der Waals surface area contributed by atoms with E-state index in [1.165, 1.54) is 0 Å². The third-order valence-corrected chi connectivity index (χ3v) is 3.98. The van der Waals surface area contributed by atoms with Crippen molar-refractivity contribution in [2.45, 2.75) is 19.1 Å². The fourth-order valence-electron chi connectivity index (χ4n) is 2.72. The smallest absolute Gasteiger partial charge is 0.161 e. The molecule has 1 fully saturated rings. The summed E-state index contributed by atoms with van der Waals surface area (Å²) in [7, 11) is 0. The Kier molecular flexibility index (Phi) is 4.10. The average Bonchev–Trinajstić information content (AvgIpc) is 2.53. The van der Waals surface area contributed by atoms with E-state index in [1.807, 2.05) is 18.2 Å². The average molecular weight is 278 g/mol. The van der Waals surface area contributed by atoms with E-state index in [1.54, 1.807) is 0 Å². The molecule has 0 aromatic heterocycles. The summed E-state index contributed by atoms with van der Waals surface area (Å²) in [5.41, 5.74) is 7.41. The molecule has 5 heteroatoms. The number of hydrogen-bond acceptors (Lipinski definition) is 5. The van der Waals surface area contributed by atoms with Gasteiger partial charge in [0.25, 0.3) is 0 Å². The van der Waals surface area contributed by atoms with Crippen molar-refractivity contribution in [1.82, 2.24) is 4.90 Å². The van der Waals surface area contributed by atoms with Crippen LogP contribution in [-0.4, -0.2) is 50.5 Å². The van der Waals surface area contributed by atoms with E-state index in [2.05, 4.69) is 11.8 Å². The standard InChI is InChI=1S/C15H22N2O3/c1-2-17-5-6-18-14(10-17)15(16)11-3-4-12-13(9-11)20-8-7-19-12/h3-4,9,14-15H,2,5-8,10,16H2,1H3. The third kappa shape index (κ3) is 2.75. The number of ether oxygens (including phenoxy) is 3. The highest BCUT2D eigenvalue weighted by atomic mass is 16.6. The molecule has 0 bridgehead atoms. The minimum Gasteiger partial charge on any atom is -0.486 e. The molecule has 20 heavy (non-hydrogen) atoms. The Hall–Kier alpha value is -1.30. The zero-order valence-electron chi connectivity index (χ0n) is 11.9. The second kappa shape index (κ2) is 5.99. The van der Waals surface area contributed by atoms with Crippen LogP contribution in [0, 0.1) is 0 Å². The summed E-state index contributed by atoms with van der Waals surface area (Å²) in [4.78, 5) is 2.37. The number of nitrogens with two attached hydrogens (primary N) is 1. The van der Waals surface area contributed by atoms with E-state index in [0.29, 0.717) is 13.2 Å². The molecule has 5 nitrogen and oxygen atoms in total. The molecule has 1 aromatic carbocycles. The van der Waals surface area contributed by atoms with E-state index >= 15 is 0 Å². The number of morpholine rings is 1. The van der Waals surface area contributed by atoms with Gasteiger partial charge in [-0.2, -0.15) is 0 Å². The van der Waals surface area contributed by atoms with Crippen molar-refractivity contribution < 1.29 is 14.2 Å². The summed E-state index contributed by atoms with van der Waals surface area (Å²) in [5, 5.41) is 0. The molecule has 2 unspecified atom stereocenters. The number of benzene rings is 1. The highest BCUT2D eigenvalue weighted by molar-refractivity contribution is 5.44. The summed E-state index contributed by atoms with van der Waals surface area (Å²) < 4.78 is 17.0. The minimum atomic E-state index is -0.139. The Morgan fingerprint density at radius 1 is 1.25 bits per heavy atom. The van der Waals surface area contributed by atoms with Crippen LogP contribution in [0.5, 0.6) is 11.5 Å². The molecule has 1 aromatic rings. The van der Waals surface area contributed by atoms with Gasteiger partial charge in [0, 0.05) is 13.1 Å². The van der Waals surface area contributed by atoms with E-state index in [0.717, 1.165) is 43.3 Å². The van der Waals surface area contributed by atoms with Crippen molar-refractivity contribution in [3.63, 3.8) is 0 Å². The van der Waals surface area contributed by atoms with E-state index in [9.17, 15) is 0 Å². The molecule has 0 amide bonds. The van der Waals surface area contributed by atoms with Crippen molar-refractivity contribution in [2.75, 3.05) is 39.5 Å². The fourth-order valence-corrected chi connectivity index (χ4v) is 2.72. The van der Waals surface area contributed by atoms with Gasteiger partial charge in [0.1, 0.15) is 13.2 Å². The summed E-state index contributed by atoms with van der Waals surface area (Å²) in [6.45, 7) is 7.01. The lowest BCUT2D eigenvalue weighted by Crippen LogP contribution is -2.46. The van der Waals surface area contributed by atoms with Gasteiger partial charge in [0.15, 0.2) is 11.5 Å². The van der Waals surface area contributed by atoms with Gasteiger partial charge < -0.3 is 19.9 Å². The Morgan fingerprint density at radius 3 is 2.85 bits per heavy atom. The summed E-state index contributed by atoms with van der Waals surface area (Å²) in [6, 6.07) is 5.78. The normalized spacial score (nSPS) is 24.4. The van der Waals surface area contributed by atoms with Gasteiger partial charge in [-0.1, -0.05) is 13.0 Å². The van der Waals surface area contributed by atoms with Crippen molar-refractivity contribution in [3.05, 3.63) is 23.8 Å². The molecule has 1 saturated heterocycles. The van der Waals surface area contributed by atoms with Gasteiger partial charge in [-0.15, -0.1) is 0 Å². The molecular formula is C15H22N2O3. The molecule has 0 saturated carbocycles. The first-order valence-corrected chi connectivity index (χ1v) is 7.27. The molecule has 110 valence electrons. The van der Waals surface area contributed by atoms with Crippen molar-refractivity contribution >= 4 is 0 Å². The fraction of sp³-hybridized carbons (Fsp3) is 0.600. The number of fused-ring (bicyclic) bond motifs is 1. The van der Waals surface area contributed by atoms with Gasteiger partial charge in [0.05, 0.1) is 18.8 Å². The lowest BCUT2D eigenvalue weighted by atomic mass is 10.00. The summed E-state index contributed by atoms with van der Waals surface area (Å²) >= 11 is 0. The Balaban J connectivity index is 1.74. The van der Waals surface area contributed by atoms with E-state index < -0.39 is 0 Å². The van der Waals surface area contributed by atoms with Crippen LogP contribution in [0.2, 0.25) is 0 Å². The van der Waals surface area contributed by atoms with Gasteiger partial charge in [0.2, 0.25) is 0 Å². The zero-order chi connectivity index (χ0) is 13.9. The van der Waals surface area contributed by atoms with E-state index in [4.69, 9.17) is 19.9 Å². The van der Waals surface area contributed by atoms with Crippen LogP contribution in [0.15, 0.2) is 18.2 Å². The molecule has 0 aliphatic carbocycles. The van der Waals surface area contributed by atoms with Crippen molar-refractivity contribution in [3.8, 4) is 11.5 Å². The SMILES string of the molecule is CCN1CCOC(C(N)c2ccc3c(c2)OCCO3)C1. The van der Waals surface area contributed by atoms with Crippen LogP contribution < -0.4 is 15.2 Å². The first kappa shape index (κ1) is 13.7. The van der Waals surface area contributed by atoms with Gasteiger partial charge in [-0.05, 0) is 24.2 Å². The molecule has 2 heterocycles. The van der Waals surface area contributed by atoms with Crippen LogP contribution in [0.1, 0.15) is 18.5 Å². The maximum Gasteiger partial charge on any atom is 0.161 e. The molecule has 2 atom stereocenters. The zero-order valence-corrected chi connectivity index (χ0v) is 11.9. The molecule has 0 radical (unpaired) electrons. The van der Waals surface area contributed by atoms with Crippen LogP contribution in [0.4, 0.5) is 0 Å². The molecule has 2 aliphatic heterocycles. The molecule has 2 aliphatic rings. The molecular weight excluding hydrogens is 256 g/mol. The summed E-state index contributed by atoms with van der Waals surface area (Å²) in [5.74, 6) is 1.58. The Morgan fingerprint density at radius 2 is 2.05 bits per heavy atom. The monoisotopic (exact) mass is 278 g/mol. The second-order valence-corrected chi connectivity index (χ2v) is 5.23. The lowest BCUT2D eigenvalue weighted by molar-refractivity contribution is -0.0393. The number of rotatable bonds is 3. The highest BCUT2D eigenvalue weighted by Crippen LogP contribution is 2.33. The predicted molar refractivity (Wildman–Crippen MR) is 76.2 cm³/mol. The maximum absolute atomic E-state index is 6.37. The number of likely N-dealkylation sites (N-methyl/N-ethyl adjacent to an activating group) is 1. The lowest BCUT2D eigenvalue weighted by Gasteiger charge is -2.35. The third-order valence-electron chi connectivity index (χ3n) is 3.98. The predicted octanol–water partition coefficient (Wildman–Crippen LogP) is 1.18. The van der Waals surface area contributed by atoms with Gasteiger partial charge in [-0.25, -0.2) is 0 Å². The molecule has 3 rings (SSSR count). The quantitative estimate of drug-likeness (QED) is 0.899. The second-order valence-electron chi connectivity index (χ2n) is 5.23. The van der Waals surface area contributed by atoms with Crippen LogP contribution >= 0.6 is 0 Å². The molecule has 2 N–H and O–H groups in total. The Bertz CT molecular complexity index is 466. The summed E-state index contributed by atoms with van der Waals surface area (Å²) in [6.07, 6.45) is 0.0336. The Labute approximate surface area is 119 Å².